The van der Waals surface area contributed by atoms with Crippen LogP contribution >= 0.6 is 0 Å². The van der Waals surface area contributed by atoms with E-state index in [0.29, 0.717) is 0 Å². The zero-order valence-electron chi connectivity index (χ0n) is 20.1. The number of benzene rings is 6. The Hall–Kier alpha value is -4.56. The van der Waals surface area contributed by atoms with E-state index in [0.717, 1.165) is 5.69 Å². The van der Waals surface area contributed by atoms with Crippen molar-refractivity contribution in [3.63, 3.8) is 0 Å². The minimum absolute atomic E-state index is 0.143. The molecule has 2 nitrogen and oxygen atoms in total. The average Bonchev–Trinajstić information content (AvgIpc) is 3.28. The molecule has 1 atom stereocenters. The van der Waals surface area contributed by atoms with E-state index in [1.807, 2.05) is 0 Å². The van der Waals surface area contributed by atoms with Crippen molar-refractivity contribution in [1.82, 2.24) is 0 Å². The molecular formula is C34H25N2+. The van der Waals surface area contributed by atoms with Crippen LogP contribution in [-0.4, -0.2) is 11.7 Å². The minimum atomic E-state index is 0.143. The van der Waals surface area contributed by atoms with Gasteiger partial charge >= 0.3 is 0 Å². The standard InChI is InChI=1S/C34H25N2/c1-36-34(30-17-9-10-18-31(30)35-36)25-21-19-24(20-22-25)33-28-15-7-5-13-26(28)32(23-11-3-2-4-12-23)27-14-6-8-16-29(27)33/h2-22,34H,1H3/q+1. The Morgan fingerprint density at radius 2 is 0.972 bits per heavy atom. The highest BCUT2D eigenvalue weighted by Crippen LogP contribution is 2.44. The summed E-state index contributed by atoms with van der Waals surface area (Å²) in [6, 6.07) is 46.0. The van der Waals surface area contributed by atoms with Crippen molar-refractivity contribution in [3.05, 3.63) is 139 Å². The predicted octanol–water partition coefficient (Wildman–Crippen LogP) is 9.16. The molecule has 1 unspecified atom stereocenters. The molecule has 6 aromatic rings. The Bertz CT molecular complexity index is 1720. The fourth-order valence-corrected chi connectivity index (χ4v) is 5.82. The zero-order chi connectivity index (χ0) is 24.1. The molecule has 0 N–H and O–H groups in total. The van der Waals surface area contributed by atoms with E-state index >= 15 is 0 Å². The van der Waals surface area contributed by atoms with E-state index in [4.69, 9.17) is 5.11 Å². The topological polar surface area (TPSA) is 15.4 Å². The highest BCUT2D eigenvalue weighted by molar-refractivity contribution is 6.21. The summed E-state index contributed by atoms with van der Waals surface area (Å²) in [6.45, 7) is 0. The second-order valence-electron chi connectivity index (χ2n) is 9.46. The van der Waals surface area contributed by atoms with Gasteiger partial charge in [-0.1, -0.05) is 115 Å². The summed E-state index contributed by atoms with van der Waals surface area (Å²) in [5, 5.41) is 9.87. The van der Waals surface area contributed by atoms with Crippen molar-refractivity contribution >= 4 is 27.2 Å². The second kappa shape index (κ2) is 8.28. The normalized spacial score (nSPS) is 14.7. The van der Waals surface area contributed by atoms with Crippen LogP contribution < -0.4 is 0 Å². The molecule has 0 saturated heterocycles. The number of nitrogens with zero attached hydrogens (tertiary/aromatic N) is 2. The summed E-state index contributed by atoms with van der Waals surface area (Å²) in [4.78, 5) is 0. The lowest BCUT2D eigenvalue weighted by Crippen LogP contribution is -2.09. The molecule has 0 bridgehead atoms. The molecule has 170 valence electrons. The molecule has 6 aromatic carbocycles. The van der Waals surface area contributed by atoms with Crippen LogP contribution in [0.2, 0.25) is 0 Å². The van der Waals surface area contributed by atoms with Crippen LogP contribution in [0.3, 0.4) is 0 Å². The Balaban J connectivity index is 1.44. The van der Waals surface area contributed by atoms with E-state index < -0.39 is 0 Å². The van der Waals surface area contributed by atoms with Crippen molar-refractivity contribution in [2.24, 2.45) is 5.11 Å². The molecule has 0 aliphatic carbocycles. The molecule has 0 spiro atoms. The van der Waals surface area contributed by atoms with Crippen molar-refractivity contribution < 1.29 is 4.70 Å². The molecule has 1 aliphatic rings. The molecule has 0 saturated carbocycles. The maximum absolute atomic E-state index is 4.74. The SMILES string of the molecule is C[N+]1=Nc2ccccc2C1c1ccc(-c2c3ccccc3c(-c3ccccc3)c3ccccc23)cc1. The van der Waals surface area contributed by atoms with Crippen LogP contribution in [0.4, 0.5) is 5.69 Å². The molecule has 0 fully saturated rings. The Morgan fingerprint density at radius 1 is 0.500 bits per heavy atom. The van der Waals surface area contributed by atoms with Crippen molar-refractivity contribution in [2.75, 3.05) is 7.05 Å². The van der Waals surface area contributed by atoms with Crippen LogP contribution in [0.15, 0.2) is 133 Å². The summed E-state index contributed by atoms with van der Waals surface area (Å²) in [5.74, 6) is 0. The molecular weight excluding hydrogens is 436 g/mol. The quantitative estimate of drug-likeness (QED) is 0.184. The van der Waals surface area contributed by atoms with Crippen molar-refractivity contribution in [2.45, 2.75) is 6.04 Å². The molecule has 7 rings (SSSR count). The van der Waals surface area contributed by atoms with Crippen LogP contribution in [0, 0.1) is 0 Å². The molecule has 0 amide bonds. The minimum Gasteiger partial charge on any atom is -0.113 e. The molecule has 2 heteroatoms. The van der Waals surface area contributed by atoms with Crippen LogP contribution in [0.1, 0.15) is 17.2 Å². The first-order chi connectivity index (χ1) is 17.8. The summed E-state index contributed by atoms with van der Waals surface area (Å²) in [7, 11) is 2.06. The smallest absolute Gasteiger partial charge is 0.113 e. The fraction of sp³-hybridized carbons (Fsp3) is 0.0588. The Labute approximate surface area is 210 Å². The van der Waals surface area contributed by atoms with E-state index in [1.165, 1.54) is 54.9 Å². The molecule has 1 heterocycles. The average molecular weight is 462 g/mol. The van der Waals surface area contributed by atoms with E-state index in [-0.39, 0.29) is 6.04 Å². The fourth-order valence-electron chi connectivity index (χ4n) is 5.82. The second-order valence-corrected chi connectivity index (χ2v) is 9.46. The van der Waals surface area contributed by atoms with Gasteiger partial charge in [-0.25, -0.2) is 0 Å². The Kier molecular flexibility index (Phi) is 4.78. The first kappa shape index (κ1) is 20.8. The number of azo groups is 2. The van der Waals surface area contributed by atoms with E-state index in [2.05, 4.69) is 139 Å². The van der Waals surface area contributed by atoms with Gasteiger partial charge in [0.1, 0.15) is 5.69 Å². The highest BCUT2D eigenvalue weighted by Gasteiger charge is 2.33. The van der Waals surface area contributed by atoms with Crippen LogP contribution in [-0.2, 0) is 0 Å². The number of fused-ring (bicyclic) bond motifs is 3. The lowest BCUT2D eigenvalue weighted by molar-refractivity contribution is -0.588. The van der Waals surface area contributed by atoms with Gasteiger partial charge in [0.05, 0.1) is 5.56 Å². The molecule has 36 heavy (non-hydrogen) atoms. The predicted molar refractivity (Wildman–Crippen MR) is 149 cm³/mol. The monoisotopic (exact) mass is 461 g/mol. The third kappa shape index (κ3) is 3.19. The van der Waals surface area contributed by atoms with Gasteiger partial charge in [0.2, 0.25) is 6.04 Å². The first-order valence-electron chi connectivity index (χ1n) is 12.4. The summed E-state index contributed by atoms with van der Waals surface area (Å²) < 4.78 is 2.07. The lowest BCUT2D eigenvalue weighted by Gasteiger charge is -2.18. The maximum Gasteiger partial charge on any atom is 0.231 e. The summed E-state index contributed by atoms with van der Waals surface area (Å²) >= 11 is 0. The molecule has 0 radical (unpaired) electrons. The Morgan fingerprint density at radius 3 is 1.56 bits per heavy atom. The summed E-state index contributed by atoms with van der Waals surface area (Å²) in [6.07, 6.45) is 0. The van der Waals surface area contributed by atoms with Gasteiger partial charge in [0.15, 0.2) is 7.05 Å². The van der Waals surface area contributed by atoms with Crippen molar-refractivity contribution in [1.29, 1.82) is 0 Å². The van der Waals surface area contributed by atoms with Gasteiger partial charge in [-0.15, -0.1) is 4.70 Å². The van der Waals surface area contributed by atoms with Gasteiger partial charge in [-0.05, 0) is 61.0 Å². The highest BCUT2D eigenvalue weighted by atomic mass is 15.3. The molecule has 0 aromatic heterocycles. The van der Waals surface area contributed by atoms with Gasteiger partial charge in [-0.2, -0.15) is 0 Å². The first-order valence-corrected chi connectivity index (χ1v) is 12.4. The zero-order valence-corrected chi connectivity index (χ0v) is 20.1. The van der Waals surface area contributed by atoms with Gasteiger partial charge < -0.3 is 0 Å². The van der Waals surface area contributed by atoms with E-state index in [9.17, 15) is 0 Å². The third-order valence-corrected chi connectivity index (χ3v) is 7.38. The van der Waals surface area contributed by atoms with E-state index in [1.54, 1.807) is 0 Å². The largest absolute Gasteiger partial charge is 0.231 e. The molecule has 1 aliphatic heterocycles. The van der Waals surface area contributed by atoms with Gasteiger partial charge in [0, 0.05) is 5.56 Å². The lowest BCUT2D eigenvalue weighted by atomic mass is 9.85. The van der Waals surface area contributed by atoms with Crippen molar-refractivity contribution in [3.8, 4) is 22.3 Å². The number of hydrogen-bond acceptors (Lipinski definition) is 1. The van der Waals surface area contributed by atoms with Gasteiger partial charge in [-0.3, -0.25) is 0 Å². The summed E-state index contributed by atoms with van der Waals surface area (Å²) in [5.41, 5.74) is 8.64. The van der Waals surface area contributed by atoms with Gasteiger partial charge in [0.25, 0.3) is 0 Å². The third-order valence-electron chi connectivity index (χ3n) is 7.38. The van der Waals surface area contributed by atoms with Crippen LogP contribution in [0.25, 0.3) is 43.8 Å². The maximum atomic E-state index is 4.74. The number of rotatable bonds is 3. The van der Waals surface area contributed by atoms with Crippen LogP contribution in [0.5, 0.6) is 0 Å². The number of hydrogen-bond donors (Lipinski definition) is 0.